The number of nitrogens with one attached hydrogen (secondary N) is 1. The third kappa shape index (κ3) is 2.74. The first kappa shape index (κ1) is 13.9. The number of hydrogen-bond donors (Lipinski definition) is 1. The lowest BCUT2D eigenvalue weighted by Crippen LogP contribution is -2.06. The zero-order valence-electron chi connectivity index (χ0n) is 11.6. The summed E-state index contributed by atoms with van der Waals surface area (Å²) in [5.41, 5.74) is 0.482. The molecule has 1 N–H and O–H groups in total. The summed E-state index contributed by atoms with van der Waals surface area (Å²) in [7, 11) is 4.54. The number of ether oxygens (including phenoxy) is 3. The lowest BCUT2D eigenvalue weighted by atomic mass is 10.1. The second-order valence-corrected chi connectivity index (χ2v) is 4.05. The number of methoxy groups -OCH3 is 3. The molecule has 2 rings (SSSR count). The van der Waals surface area contributed by atoms with Crippen molar-refractivity contribution < 1.29 is 19.0 Å². The van der Waals surface area contributed by atoms with E-state index >= 15 is 0 Å². The van der Waals surface area contributed by atoms with Crippen LogP contribution in [0.4, 0.5) is 0 Å². The molecule has 0 aliphatic heterocycles. The first-order valence-electron chi connectivity index (χ1n) is 6.01. The second-order valence-electron chi connectivity index (χ2n) is 4.05. The lowest BCUT2D eigenvalue weighted by Gasteiger charge is -2.13. The van der Waals surface area contributed by atoms with Crippen molar-refractivity contribution in [3.63, 3.8) is 0 Å². The number of Topliss-reactive ketones (excluding diaryl/α,β-unsaturated/α-hetero) is 1. The van der Waals surface area contributed by atoms with Crippen LogP contribution in [0.2, 0.25) is 0 Å². The van der Waals surface area contributed by atoms with Crippen molar-refractivity contribution in [3.8, 4) is 17.2 Å². The first-order valence-corrected chi connectivity index (χ1v) is 6.01. The summed E-state index contributed by atoms with van der Waals surface area (Å²) in [6, 6.07) is 3.26. The Labute approximate surface area is 116 Å². The van der Waals surface area contributed by atoms with Gasteiger partial charge in [0.05, 0.1) is 27.8 Å². The number of hydrogen-bond acceptors (Lipinski definition) is 5. The molecule has 0 radical (unpaired) electrons. The number of carbonyl (C=O) groups is 1. The second kappa shape index (κ2) is 6.10. The van der Waals surface area contributed by atoms with E-state index in [1.165, 1.54) is 21.3 Å². The van der Waals surface area contributed by atoms with Gasteiger partial charge in [-0.15, -0.1) is 0 Å². The molecule has 0 saturated heterocycles. The monoisotopic (exact) mass is 276 g/mol. The molecule has 0 bridgehead atoms. The number of carbonyl (C=O) groups excluding carboxylic acids is 1. The number of aromatic nitrogens is 2. The SMILES string of the molecule is COc1cc(C(=O)Cc2ncc[nH]2)cc(OC)c1OC. The fourth-order valence-electron chi connectivity index (χ4n) is 1.89. The summed E-state index contributed by atoms with van der Waals surface area (Å²) in [5, 5.41) is 0. The van der Waals surface area contributed by atoms with Gasteiger partial charge in [0.15, 0.2) is 17.3 Å². The summed E-state index contributed by atoms with van der Waals surface area (Å²) in [6.45, 7) is 0. The molecule has 20 heavy (non-hydrogen) atoms. The van der Waals surface area contributed by atoms with Crippen LogP contribution < -0.4 is 14.2 Å². The minimum Gasteiger partial charge on any atom is -0.493 e. The van der Waals surface area contributed by atoms with E-state index in [0.29, 0.717) is 28.6 Å². The van der Waals surface area contributed by atoms with Crippen LogP contribution in [0.25, 0.3) is 0 Å². The molecule has 0 amide bonds. The fraction of sp³-hybridized carbons (Fsp3) is 0.286. The quantitative estimate of drug-likeness (QED) is 0.815. The highest BCUT2D eigenvalue weighted by Gasteiger charge is 2.17. The van der Waals surface area contributed by atoms with E-state index in [9.17, 15) is 4.79 Å². The number of nitrogens with zero attached hydrogens (tertiary/aromatic N) is 1. The van der Waals surface area contributed by atoms with Crippen LogP contribution in [-0.4, -0.2) is 37.1 Å². The number of imidazole rings is 1. The molecule has 6 heteroatoms. The third-order valence-corrected chi connectivity index (χ3v) is 2.87. The Hall–Kier alpha value is -2.50. The van der Waals surface area contributed by atoms with E-state index in [1.807, 2.05) is 0 Å². The van der Waals surface area contributed by atoms with Crippen LogP contribution in [0.3, 0.4) is 0 Å². The van der Waals surface area contributed by atoms with E-state index in [1.54, 1.807) is 24.5 Å². The first-order chi connectivity index (χ1) is 9.69. The fourth-order valence-corrected chi connectivity index (χ4v) is 1.89. The average Bonchev–Trinajstić information content (AvgIpc) is 2.98. The van der Waals surface area contributed by atoms with Crippen molar-refractivity contribution in [2.24, 2.45) is 0 Å². The smallest absolute Gasteiger partial charge is 0.203 e. The molecule has 0 fully saturated rings. The lowest BCUT2D eigenvalue weighted by molar-refractivity contribution is 0.0990. The molecule has 0 aliphatic carbocycles. The predicted molar refractivity (Wildman–Crippen MR) is 72.7 cm³/mol. The Bertz CT molecular complexity index is 568. The molecule has 106 valence electrons. The van der Waals surface area contributed by atoms with Gasteiger partial charge in [-0.1, -0.05) is 0 Å². The van der Waals surface area contributed by atoms with E-state index in [4.69, 9.17) is 14.2 Å². The van der Waals surface area contributed by atoms with Gasteiger partial charge >= 0.3 is 0 Å². The van der Waals surface area contributed by atoms with Gasteiger partial charge in [-0.25, -0.2) is 4.98 Å². The Kier molecular flexibility index (Phi) is 4.24. The molecule has 0 saturated carbocycles. The van der Waals surface area contributed by atoms with Gasteiger partial charge in [0, 0.05) is 18.0 Å². The van der Waals surface area contributed by atoms with Crippen molar-refractivity contribution >= 4 is 5.78 Å². The van der Waals surface area contributed by atoms with Crippen molar-refractivity contribution in [2.75, 3.05) is 21.3 Å². The minimum absolute atomic E-state index is 0.0841. The minimum atomic E-state index is -0.0841. The number of H-pyrrole nitrogens is 1. The topological polar surface area (TPSA) is 73.4 Å². The maximum atomic E-state index is 12.2. The molecule has 1 heterocycles. The molecular formula is C14H16N2O4. The van der Waals surface area contributed by atoms with Crippen molar-refractivity contribution in [1.82, 2.24) is 9.97 Å². The molecule has 0 spiro atoms. The molecule has 1 aromatic carbocycles. The summed E-state index contributed by atoms with van der Waals surface area (Å²) in [5.74, 6) is 1.90. The highest BCUT2D eigenvalue weighted by molar-refractivity contribution is 5.98. The van der Waals surface area contributed by atoms with Crippen LogP contribution >= 0.6 is 0 Å². The Morgan fingerprint density at radius 1 is 1.15 bits per heavy atom. The van der Waals surface area contributed by atoms with Gasteiger partial charge < -0.3 is 19.2 Å². The van der Waals surface area contributed by atoms with E-state index < -0.39 is 0 Å². The summed E-state index contributed by atoms with van der Waals surface area (Å²) in [4.78, 5) is 19.2. The van der Waals surface area contributed by atoms with Crippen molar-refractivity contribution in [2.45, 2.75) is 6.42 Å². The number of ketones is 1. The third-order valence-electron chi connectivity index (χ3n) is 2.87. The summed E-state index contributed by atoms with van der Waals surface area (Å²) in [6.07, 6.45) is 3.47. The van der Waals surface area contributed by atoms with Gasteiger partial charge in [0.2, 0.25) is 5.75 Å². The van der Waals surface area contributed by atoms with Gasteiger partial charge in [-0.2, -0.15) is 0 Å². The number of benzene rings is 1. The maximum absolute atomic E-state index is 12.2. The van der Waals surface area contributed by atoms with Gasteiger partial charge in [-0.05, 0) is 12.1 Å². The zero-order chi connectivity index (χ0) is 14.5. The van der Waals surface area contributed by atoms with E-state index in [0.717, 1.165) is 0 Å². The maximum Gasteiger partial charge on any atom is 0.203 e. The van der Waals surface area contributed by atoms with Crippen LogP contribution in [0.1, 0.15) is 16.2 Å². The molecule has 1 aromatic heterocycles. The number of rotatable bonds is 6. The van der Waals surface area contributed by atoms with Crippen LogP contribution in [0, 0.1) is 0 Å². The molecule has 6 nitrogen and oxygen atoms in total. The van der Waals surface area contributed by atoms with Gasteiger partial charge in [-0.3, -0.25) is 4.79 Å². The highest BCUT2D eigenvalue weighted by Crippen LogP contribution is 2.38. The normalized spacial score (nSPS) is 10.2. The molecule has 0 atom stereocenters. The van der Waals surface area contributed by atoms with Crippen LogP contribution in [-0.2, 0) is 6.42 Å². The van der Waals surface area contributed by atoms with Crippen molar-refractivity contribution in [1.29, 1.82) is 0 Å². The van der Waals surface area contributed by atoms with E-state index in [-0.39, 0.29) is 12.2 Å². The summed E-state index contributed by atoms with van der Waals surface area (Å²) >= 11 is 0. The largest absolute Gasteiger partial charge is 0.493 e. The molecule has 0 unspecified atom stereocenters. The Balaban J connectivity index is 2.34. The molecular weight excluding hydrogens is 260 g/mol. The van der Waals surface area contributed by atoms with Crippen LogP contribution in [0.5, 0.6) is 17.2 Å². The summed E-state index contributed by atoms with van der Waals surface area (Å²) < 4.78 is 15.7. The zero-order valence-corrected chi connectivity index (χ0v) is 11.6. The highest BCUT2D eigenvalue weighted by atomic mass is 16.5. The Morgan fingerprint density at radius 2 is 1.80 bits per heavy atom. The average molecular weight is 276 g/mol. The number of aromatic amines is 1. The Morgan fingerprint density at radius 3 is 2.25 bits per heavy atom. The molecule has 0 aliphatic rings. The van der Waals surface area contributed by atoms with Crippen LogP contribution in [0.15, 0.2) is 24.5 Å². The van der Waals surface area contributed by atoms with Crippen molar-refractivity contribution in [3.05, 3.63) is 35.9 Å². The standard InChI is InChI=1S/C14H16N2O4/c1-18-11-6-9(7-12(19-2)14(11)20-3)10(17)8-13-15-4-5-16-13/h4-7H,8H2,1-3H3,(H,15,16). The molecule has 2 aromatic rings. The van der Waals surface area contributed by atoms with Gasteiger partial charge in [0.25, 0.3) is 0 Å². The van der Waals surface area contributed by atoms with Gasteiger partial charge in [0.1, 0.15) is 5.82 Å². The predicted octanol–water partition coefficient (Wildman–Crippen LogP) is 1.86. The van der Waals surface area contributed by atoms with E-state index in [2.05, 4.69) is 9.97 Å².